The number of sulfonamides is 1. The lowest BCUT2D eigenvalue weighted by atomic mass is 10.2. The van der Waals surface area contributed by atoms with Crippen LogP contribution in [0.5, 0.6) is 0 Å². The zero-order valence-electron chi connectivity index (χ0n) is 16.6. The molecule has 0 aromatic heterocycles. The molecule has 0 aliphatic heterocycles. The van der Waals surface area contributed by atoms with Crippen molar-refractivity contribution in [2.45, 2.75) is 18.4 Å². The summed E-state index contributed by atoms with van der Waals surface area (Å²) in [6, 6.07) is 24.9. The molecule has 3 rings (SSSR count). The fourth-order valence-electron chi connectivity index (χ4n) is 2.88. The second-order valence-electron chi connectivity index (χ2n) is 6.78. The van der Waals surface area contributed by atoms with Crippen molar-refractivity contribution in [2.75, 3.05) is 6.54 Å². The lowest BCUT2D eigenvalue weighted by molar-refractivity contribution is -0.121. The largest absolute Gasteiger partial charge is 0.272 e. The Labute approximate surface area is 176 Å². The fraction of sp³-hybridized carbons (Fsp3) is 0.130. The highest BCUT2D eigenvalue weighted by atomic mass is 32.2. The van der Waals surface area contributed by atoms with Crippen molar-refractivity contribution in [2.24, 2.45) is 5.10 Å². The van der Waals surface area contributed by atoms with Crippen molar-refractivity contribution in [3.63, 3.8) is 0 Å². The minimum Gasteiger partial charge on any atom is -0.272 e. The summed E-state index contributed by atoms with van der Waals surface area (Å²) in [6.07, 6.45) is 1.53. The van der Waals surface area contributed by atoms with Crippen molar-refractivity contribution in [3.05, 3.63) is 102 Å². The smallest absolute Gasteiger partial charge is 0.255 e. The predicted octanol–water partition coefficient (Wildman–Crippen LogP) is 3.34. The molecule has 30 heavy (non-hydrogen) atoms. The van der Waals surface area contributed by atoms with Gasteiger partial charge in [-0.05, 0) is 30.2 Å². The Morgan fingerprint density at radius 1 is 0.967 bits per heavy atom. The molecule has 1 amide bonds. The molecule has 0 bridgehead atoms. The van der Waals surface area contributed by atoms with E-state index in [0.29, 0.717) is 0 Å². The van der Waals surface area contributed by atoms with Gasteiger partial charge in [0, 0.05) is 6.54 Å². The maximum absolute atomic E-state index is 13.1. The molecular weight excluding hydrogens is 398 g/mol. The highest BCUT2D eigenvalue weighted by Gasteiger charge is 2.26. The van der Waals surface area contributed by atoms with E-state index in [9.17, 15) is 13.2 Å². The zero-order chi connectivity index (χ0) is 21.4. The van der Waals surface area contributed by atoms with Crippen molar-refractivity contribution in [1.82, 2.24) is 9.73 Å². The van der Waals surface area contributed by atoms with Crippen LogP contribution in [0.25, 0.3) is 0 Å². The van der Waals surface area contributed by atoms with Crippen LogP contribution in [0.2, 0.25) is 0 Å². The van der Waals surface area contributed by atoms with Crippen LogP contribution in [0.4, 0.5) is 0 Å². The molecule has 7 heteroatoms. The van der Waals surface area contributed by atoms with Crippen LogP contribution in [-0.4, -0.2) is 31.4 Å². The Bertz CT molecular complexity index is 1110. The third kappa shape index (κ3) is 5.85. The molecule has 0 fully saturated rings. The highest BCUT2D eigenvalue weighted by Crippen LogP contribution is 2.18. The molecule has 0 saturated carbocycles. The van der Waals surface area contributed by atoms with Gasteiger partial charge in [-0.2, -0.15) is 9.41 Å². The molecule has 0 aliphatic carbocycles. The van der Waals surface area contributed by atoms with E-state index >= 15 is 0 Å². The molecule has 0 spiro atoms. The predicted molar refractivity (Wildman–Crippen MR) is 117 cm³/mol. The van der Waals surface area contributed by atoms with Gasteiger partial charge >= 0.3 is 0 Å². The van der Waals surface area contributed by atoms with Crippen molar-refractivity contribution >= 4 is 22.1 Å². The molecule has 0 unspecified atom stereocenters. The summed E-state index contributed by atoms with van der Waals surface area (Å²) < 4.78 is 27.4. The standard InChI is InChI=1S/C23H23N3O3S/c1-19-9-8-12-21(15-19)16-24-25-23(27)18-26(17-20-10-4-2-5-11-20)30(28,29)22-13-6-3-7-14-22/h2-16H,17-18H2,1H3,(H,25,27)/b24-16-. The SMILES string of the molecule is Cc1cccc(/C=N\NC(=O)CN(Cc2ccccc2)S(=O)(=O)c2ccccc2)c1. The van der Waals surface area contributed by atoms with Crippen LogP contribution in [-0.2, 0) is 21.4 Å². The first-order valence-corrected chi connectivity index (χ1v) is 10.9. The van der Waals surface area contributed by atoms with E-state index in [1.54, 1.807) is 18.2 Å². The topological polar surface area (TPSA) is 78.8 Å². The van der Waals surface area contributed by atoms with Gasteiger partial charge in [0.15, 0.2) is 0 Å². The average Bonchev–Trinajstić information content (AvgIpc) is 2.75. The van der Waals surface area contributed by atoms with Crippen LogP contribution >= 0.6 is 0 Å². The molecule has 0 heterocycles. The fourth-order valence-corrected chi connectivity index (χ4v) is 4.28. The number of hydrogen-bond donors (Lipinski definition) is 1. The van der Waals surface area contributed by atoms with Gasteiger partial charge in [-0.3, -0.25) is 4.79 Å². The summed E-state index contributed by atoms with van der Waals surface area (Å²) in [7, 11) is -3.86. The van der Waals surface area contributed by atoms with Crippen LogP contribution in [0, 0.1) is 6.92 Å². The van der Waals surface area contributed by atoms with Crippen molar-refractivity contribution < 1.29 is 13.2 Å². The van der Waals surface area contributed by atoms with Gasteiger partial charge in [-0.25, -0.2) is 13.8 Å². The Hall–Kier alpha value is -3.29. The lowest BCUT2D eigenvalue weighted by Gasteiger charge is -2.21. The van der Waals surface area contributed by atoms with E-state index in [1.165, 1.54) is 18.3 Å². The van der Waals surface area contributed by atoms with E-state index < -0.39 is 15.9 Å². The minimum atomic E-state index is -3.86. The lowest BCUT2D eigenvalue weighted by Crippen LogP contribution is -2.39. The van der Waals surface area contributed by atoms with Crippen molar-refractivity contribution in [3.8, 4) is 0 Å². The Kier molecular flexibility index (Phi) is 7.11. The van der Waals surface area contributed by atoms with E-state index in [2.05, 4.69) is 10.5 Å². The maximum atomic E-state index is 13.1. The summed E-state index contributed by atoms with van der Waals surface area (Å²) in [6.45, 7) is 1.69. The minimum absolute atomic E-state index is 0.0765. The van der Waals surface area contributed by atoms with Gasteiger partial charge in [0.05, 0.1) is 17.7 Å². The Balaban J connectivity index is 1.75. The van der Waals surface area contributed by atoms with Gasteiger partial charge in [-0.1, -0.05) is 78.4 Å². The Morgan fingerprint density at radius 3 is 2.30 bits per heavy atom. The molecule has 0 saturated heterocycles. The van der Waals surface area contributed by atoms with Crippen LogP contribution in [0.15, 0.2) is 94.9 Å². The van der Waals surface area contributed by atoms with Gasteiger partial charge in [0.1, 0.15) is 0 Å². The number of aryl methyl sites for hydroxylation is 1. The number of carbonyl (C=O) groups is 1. The summed E-state index contributed by atoms with van der Waals surface area (Å²) in [5.74, 6) is -0.519. The first-order valence-electron chi connectivity index (χ1n) is 9.43. The van der Waals surface area contributed by atoms with Crippen molar-refractivity contribution in [1.29, 1.82) is 0 Å². The second kappa shape index (κ2) is 9.96. The number of benzene rings is 3. The molecule has 6 nitrogen and oxygen atoms in total. The third-order valence-electron chi connectivity index (χ3n) is 4.35. The highest BCUT2D eigenvalue weighted by molar-refractivity contribution is 7.89. The zero-order valence-corrected chi connectivity index (χ0v) is 17.4. The molecule has 3 aromatic rings. The average molecular weight is 422 g/mol. The maximum Gasteiger partial charge on any atom is 0.255 e. The number of nitrogens with zero attached hydrogens (tertiary/aromatic N) is 2. The van der Waals surface area contributed by atoms with Gasteiger partial charge < -0.3 is 0 Å². The van der Waals surface area contributed by atoms with Gasteiger partial charge in [-0.15, -0.1) is 0 Å². The van der Waals surface area contributed by atoms with Gasteiger partial charge in [0.2, 0.25) is 10.0 Å². The van der Waals surface area contributed by atoms with E-state index in [4.69, 9.17) is 0 Å². The summed E-state index contributed by atoms with van der Waals surface area (Å²) in [4.78, 5) is 12.6. The molecule has 1 N–H and O–H groups in total. The Morgan fingerprint density at radius 2 is 1.63 bits per heavy atom. The molecule has 0 atom stereocenters. The second-order valence-corrected chi connectivity index (χ2v) is 8.72. The number of hydrogen-bond acceptors (Lipinski definition) is 4. The normalized spacial score (nSPS) is 11.7. The van der Waals surface area contributed by atoms with Gasteiger partial charge in [0.25, 0.3) is 5.91 Å². The third-order valence-corrected chi connectivity index (χ3v) is 6.15. The quantitative estimate of drug-likeness (QED) is 0.448. The number of rotatable bonds is 8. The number of carbonyl (C=O) groups excluding carboxylic acids is 1. The summed E-state index contributed by atoms with van der Waals surface area (Å²) >= 11 is 0. The molecule has 154 valence electrons. The monoisotopic (exact) mass is 421 g/mol. The van der Waals surface area contributed by atoms with E-state index in [1.807, 2.05) is 61.5 Å². The molecule has 0 radical (unpaired) electrons. The van der Waals surface area contributed by atoms with Crippen LogP contribution in [0.1, 0.15) is 16.7 Å². The molecule has 0 aliphatic rings. The first-order chi connectivity index (χ1) is 14.4. The number of amides is 1. The molecular formula is C23H23N3O3S. The van der Waals surface area contributed by atoms with Crippen LogP contribution < -0.4 is 5.43 Å². The number of nitrogens with one attached hydrogen (secondary N) is 1. The van der Waals surface area contributed by atoms with Crippen LogP contribution in [0.3, 0.4) is 0 Å². The number of hydrazone groups is 1. The first kappa shape index (κ1) is 21.4. The van der Waals surface area contributed by atoms with E-state index in [-0.39, 0.29) is 18.0 Å². The summed E-state index contributed by atoms with van der Waals surface area (Å²) in [5.41, 5.74) is 5.12. The summed E-state index contributed by atoms with van der Waals surface area (Å²) in [5, 5.41) is 3.95. The van der Waals surface area contributed by atoms with E-state index in [0.717, 1.165) is 21.0 Å². The molecule has 3 aromatic carbocycles.